The molecule has 0 aliphatic carbocycles. The third kappa shape index (κ3) is 2.14. The number of nitrogens with zero attached hydrogens (tertiary/aromatic N) is 3. The number of aryl methyl sites for hydroxylation is 1. The Balaban J connectivity index is 2.15. The molecule has 1 aromatic rings. The van der Waals surface area contributed by atoms with Crippen molar-refractivity contribution in [1.29, 1.82) is 0 Å². The van der Waals surface area contributed by atoms with E-state index in [-0.39, 0.29) is 0 Å². The molecular formula is C6H10N3O. The predicted octanol–water partition coefficient (Wildman–Crippen LogP) is 0.476. The summed E-state index contributed by atoms with van der Waals surface area (Å²) >= 11 is 0. The van der Waals surface area contributed by atoms with Gasteiger partial charge in [0.1, 0.15) is 12.7 Å². The first kappa shape index (κ1) is 7.21. The van der Waals surface area contributed by atoms with Crippen molar-refractivity contribution in [1.82, 2.24) is 14.8 Å². The molecule has 0 fully saturated rings. The van der Waals surface area contributed by atoms with Gasteiger partial charge in [-0.25, -0.2) is 4.98 Å². The zero-order chi connectivity index (χ0) is 7.23. The molecule has 0 atom stereocenters. The quantitative estimate of drug-likeness (QED) is 0.571. The third-order valence-electron chi connectivity index (χ3n) is 1.14. The minimum atomic E-state index is 0.667. The van der Waals surface area contributed by atoms with Crippen molar-refractivity contribution >= 4 is 0 Å². The lowest BCUT2D eigenvalue weighted by Gasteiger charge is -1.97. The summed E-state index contributed by atoms with van der Waals surface area (Å²) in [5, 5.41) is 3.92. The molecular weight excluding hydrogens is 130 g/mol. The summed E-state index contributed by atoms with van der Waals surface area (Å²) in [5.41, 5.74) is 0. The minimum absolute atomic E-state index is 0.667. The van der Waals surface area contributed by atoms with E-state index in [2.05, 4.69) is 21.9 Å². The fraction of sp³-hybridized carbons (Fsp3) is 0.500. The van der Waals surface area contributed by atoms with Gasteiger partial charge in [0.15, 0.2) is 0 Å². The van der Waals surface area contributed by atoms with Gasteiger partial charge in [-0.3, -0.25) is 4.68 Å². The van der Waals surface area contributed by atoms with E-state index in [0.29, 0.717) is 6.61 Å². The van der Waals surface area contributed by atoms with Crippen molar-refractivity contribution in [2.45, 2.75) is 13.0 Å². The smallest absolute Gasteiger partial charge is 0.137 e. The van der Waals surface area contributed by atoms with Gasteiger partial charge in [-0.05, 0) is 6.42 Å². The Morgan fingerprint density at radius 2 is 2.50 bits per heavy atom. The van der Waals surface area contributed by atoms with Crippen molar-refractivity contribution in [3.63, 3.8) is 0 Å². The highest BCUT2D eigenvalue weighted by Crippen LogP contribution is 1.86. The monoisotopic (exact) mass is 140 g/mol. The lowest BCUT2D eigenvalue weighted by molar-refractivity contribution is 0.229. The second-order valence-corrected chi connectivity index (χ2v) is 1.92. The van der Waals surface area contributed by atoms with Crippen LogP contribution in [-0.4, -0.2) is 21.4 Å². The largest absolute Gasteiger partial charge is 0.379 e. The van der Waals surface area contributed by atoms with Crippen LogP contribution in [0.1, 0.15) is 6.42 Å². The number of hydrogen-bond acceptors (Lipinski definition) is 3. The second-order valence-electron chi connectivity index (χ2n) is 1.92. The van der Waals surface area contributed by atoms with Crippen LogP contribution in [0.25, 0.3) is 0 Å². The van der Waals surface area contributed by atoms with Crippen LogP contribution in [0.15, 0.2) is 12.7 Å². The Bertz CT molecular complexity index is 162. The van der Waals surface area contributed by atoms with Crippen molar-refractivity contribution in [2.24, 2.45) is 0 Å². The fourth-order valence-corrected chi connectivity index (χ4v) is 0.677. The van der Waals surface area contributed by atoms with E-state index in [9.17, 15) is 0 Å². The zero-order valence-corrected chi connectivity index (χ0v) is 5.73. The first-order valence-corrected chi connectivity index (χ1v) is 3.13. The average molecular weight is 140 g/mol. The number of rotatable bonds is 4. The van der Waals surface area contributed by atoms with E-state index in [0.717, 1.165) is 13.0 Å². The van der Waals surface area contributed by atoms with Gasteiger partial charge in [-0.15, -0.1) is 0 Å². The zero-order valence-electron chi connectivity index (χ0n) is 5.73. The molecule has 0 aliphatic rings. The maximum absolute atomic E-state index is 4.63. The summed E-state index contributed by atoms with van der Waals surface area (Å²) in [4.78, 5) is 3.80. The van der Waals surface area contributed by atoms with Crippen LogP contribution in [0.4, 0.5) is 0 Å². The van der Waals surface area contributed by atoms with Crippen molar-refractivity contribution in [2.75, 3.05) is 6.61 Å². The molecule has 0 aliphatic heterocycles. The van der Waals surface area contributed by atoms with Crippen LogP contribution in [0, 0.1) is 7.11 Å². The van der Waals surface area contributed by atoms with Gasteiger partial charge in [0.05, 0.1) is 7.11 Å². The Labute approximate surface area is 59.8 Å². The number of aromatic nitrogens is 3. The minimum Gasteiger partial charge on any atom is -0.379 e. The molecule has 0 saturated carbocycles. The summed E-state index contributed by atoms with van der Waals surface area (Å²) in [5.74, 6) is 0. The van der Waals surface area contributed by atoms with Crippen LogP contribution in [0.2, 0.25) is 0 Å². The van der Waals surface area contributed by atoms with Crippen molar-refractivity contribution < 1.29 is 4.74 Å². The SMILES string of the molecule is [CH2]OCCCn1cncn1. The summed E-state index contributed by atoms with van der Waals surface area (Å²) in [6.45, 7) is 1.51. The predicted molar refractivity (Wildman–Crippen MR) is 35.9 cm³/mol. The molecule has 0 saturated heterocycles. The standard InChI is InChI=1S/C6H10N3O/c1-10-4-2-3-9-6-7-5-8-9/h5-6H,1-4H2. The van der Waals surface area contributed by atoms with E-state index < -0.39 is 0 Å². The van der Waals surface area contributed by atoms with Gasteiger partial charge in [0, 0.05) is 13.2 Å². The van der Waals surface area contributed by atoms with Gasteiger partial charge in [-0.1, -0.05) is 0 Å². The third-order valence-corrected chi connectivity index (χ3v) is 1.14. The average Bonchev–Trinajstić information content (AvgIpc) is 2.41. The number of ether oxygens (including phenoxy) is 1. The lowest BCUT2D eigenvalue weighted by Crippen LogP contribution is -2.00. The molecule has 0 spiro atoms. The second kappa shape index (κ2) is 4.00. The lowest BCUT2D eigenvalue weighted by atomic mass is 10.5. The highest BCUT2D eigenvalue weighted by molar-refractivity contribution is 4.55. The molecule has 1 aromatic heterocycles. The molecule has 55 valence electrons. The number of hydrogen-bond donors (Lipinski definition) is 0. The van der Waals surface area contributed by atoms with Crippen LogP contribution >= 0.6 is 0 Å². The maximum atomic E-state index is 4.63. The van der Waals surface area contributed by atoms with Crippen molar-refractivity contribution in [3.8, 4) is 0 Å². The first-order valence-electron chi connectivity index (χ1n) is 3.13. The van der Waals surface area contributed by atoms with Crippen LogP contribution in [0.3, 0.4) is 0 Å². The van der Waals surface area contributed by atoms with Gasteiger partial charge in [0.25, 0.3) is 0 Å². The normalized spacial score (nSPS) is 10.1. The van der Waals surface area contributed by atoms with Crippen molar-refractivity contribution in [3.05, 3.63) is 19.8 Å². The Morgan fingerprint density at radius 3 is 3.10 bits per heavy atom. The molecule has 0 bridgehead atoms. The van der Waals surface area contributed by atoms with Gasteiger partial charge in [0.2, 0.25) is 0 Å². The topological polar surface area (TPSA) is 39.9 Å². The summed E-state index contributed by atoms with van der Waals surface area (Å²) in [7, 11) is 3.26. The fourth-order valence-electron chi connectivity index (χ4n) is 0.677. The van der Waals surface area contributed by atoms with Gasteiger partial charge < -0.3 is 4.74 Å². The van der Waals surface area contributed by atoms with E-state index in [1.165, 1.54) is 6.33 Å². The van der Waals surface area contributed by atoms with Crippen LogP contribution < -0.4 is 0 Å². The maximum Gasteiger partial charge on any atom is 0.137 e. The van der Waals surface area contributed by atoms with Crippen LogP contribution in [0.5, 0.6) is 0 Å². The van der Waals surface area contributed by atoms with Gasteiger partial charge in [-0.2, -0.15) is 5.10 Å². The van der Waals surface area contributed by atoms with Gasteiger partial charge >= 0.3 is 0 Å². The summed E-state index contributed by atoms with van der Waals surface area (Å²) < 4.78 is 6.39. The molecule has 0 N–H and O–H groups in total. The molecule has 1 rings (SSSR count). The summed E-state index contributed by atoms with van der Waals surface area (Å²) in [6.07, 6.45) is 4.13. The molecule has 0 aromatic carbocycles. The Morgan fingerprint density at radius 1 is 1.60 bits per heavy atom. The molecule has 1 heterocycles. The van der Waals surface area contributed by atoms with E-state index in [1.807, 2.05) is 0 Å². The molecule has 0 unspecified atom stereocenters. The first-order chi connectivity index (χ1) is 4.93. The van der Waals surface area contributed by atoms with E-state index in [4.69, 9.17) is 0 Å². The molecule has 10 heavy (non-hydrogen) atoms. The Hall–Kier alpha value is -0.900. The molecule has 4 nitrogen and oxygen atoms in total. The Kier molecular flexibility index (Phi) is 2.89. The van der Waals surface area contributed by atoms with E-state index >= 15 is 0 Å². The summed E-state index contributed by atoms with van der Waals surface area (Å²) in [6, 6.07) is 0. The highest BCUT2D eigenvalue weighted by atomic mass is 16.5. The molecule has 0 amide bonds. The molecule has 4 heteroatoms. The van der Waals surface area contributed by atoms with Crippen LogP contribution in [-0.2, 0) is 11.3 Å². The van der Waals surface area contributed by atoms with E-state index in [1.54, 1.807) is 11.0 Å². The highest BCUT2D eigenvalue weighted by Gasteiger charge is 1.88. The molecule has 1 radical (unpaired) electrons.